The lowest BCUT2D eigenvalue weighted by molar-refractivity contribution is 0.528. The molecule has 1 aromatic heterocycles. The number of aryl methyl sites for hydroxylation is 1. The Labute approximate surface area is 151 Å². The van der Waals surface area contributed by atoms with Gasteiger partial charge in [-0.15, -0.1) is 0 Å². The molecule has 0 spiro atoms. The Kier molecular flexibility index (Phi) is 5.65. The minimum atomic E-state index is 0.494. The molecule has 1 heterocycles. The molecule has 2 aromatic rings. The molecule has 25 heavy (non-hydrogen) atoms. The first-order valence-electron chi connectivity index (χ1n) is 9.26. The van der Waals surface area contributed by atoms with Gasteiger partial charge in [0.1, 0.15) is 0 Å². The quantitative estimate of drug-likeness (QED) is 0.562. The van der Waals surface area contributed by atoms with Gasteiger partial charge in [0, 0.05) is 6.20 Å². The van der Waals surface area contributed by atoms with Crippen LogP contribution in [0.25, 0.3) is 16.7 Å². The van der Waals surface area contributed by atoms with Crippen molar-refractivity contribution in [3.8, 4) is 11.1 Å². The van der Waals surface area contributed by atoms with Gasteiger partial charge in [-0.05, 0) is 60.4 Å². The van der Waals surface area contributed by atoms with E-state index >= 15 is 0 Å². The molecule has 2 atom stereocenters. The van der Waals surface area contributed by atoms with E-state index in [1.54, 1.807) is 0 Å². The molecule has 128 valence electrons. The second-order valence-corrected chi connectivity index (χ2v) is 6.89. The Morgan fingerprint density at radius 3 is 2.84 bits per heavy atom. The minimum Gasteiger partial charge on any atom is -0.257 e. The number of benzene rings is 1. The lowest BCUT2D eigenvalue weighted by atomic mass is 9.79. The van der Waals surface area contributed by atoms with Gasteiger partial charge in [-0.1, -0.05) is 74.1 Å². The molecule has 1 nitrogen and oxygen atoms in total. The van der Waals surface area contributed by atoms with Crippen LogP contribution in [0.2, 0.25) is 0 Å². The molecule has 1 aliphatic carbocycles. The Balaban J connectivity index is 1.94. The van der Waals surface area contributed by atoms with Crippen LogP contribution in [0, 0.1) is 18.8 Å². The fourth-order valence-corrected chi connectivity index (χ4v) is 3.50. The highest BCUT2D eigenvalue weighted by Gasteiger charge is 2.22. The lowest BCUT2D eigenvalue weighted by Gasteiger charge is -2.25. The summed E-state index contributed by atoms with van der Waals surface area (Å²) >= 11 is 0. The van der Waals surface area contributed by atoms with Crippen LogP contribution < -0.4 is 0 Å². The number of hydrogen-bond acceptors (Lipinski definition) is 1. The van der Waals surface area contributed by atoms with E-state index in [0.29, 0.717) is 11.8 Å². The second-order valence-electron chi connectivity index (χ2n) is 6.89. The fourth-order valence-electron chi connectivity index (χ4n) is 3.50. The average molecular weight is 329 g/mol. The smallest absolute Gasteiger partial charge is 0.0670 e. The van der Waals surface area contributed by atoms with Crippen molar-refractivity contribution in [2.75, 3.05) is 0 Å². The summed E-state index contributed by atoms with van der Waals surface area (Å²) in [4.78, 5) is 4.70. The molecule has 0 aliphatic heterocycles. The van der Waals surface area contributed by atoms with Gasteiger partial charge in [0.15, 0.2) is 0 Å². The van der Waals surface area contributed by atoms with Crippen molar-refractivity contribution in [1.82, 2.24) is 4.98 Å². The Hall–Kier alpha value is -2.41. The molecule has 3 rings (SSSR count). The zero-order valence-corrected chi connectivity index (χ0v) is 15.4. The second kappa shape index (κ2) is 8.11. The van der Waals surface area contributed by atoms with E-state index in [-0.39, 0.29) is 0 Å². The number of pyridine rings is 1. The molecule has 2 unspecified atom stereocenters. The van der Waals surface area contributed by atoms with Crippen LogP contribution in [-0.4, -0.2) is 4.98 Å². The maximum absolute atomic E-state index is 4.70. The van der Waals surface area contributed by atoms with Crippen molar-refractivity contribution in [2.45, 2.75) is 33.6 Å². The summed E-state index contributed by atoms with van der Waals surface area (Å²) in [5.74, 6) is 1.01. The van der Waals surface area contributed by atoms with Crippen molar-refractivity contribution in [3.05, 3.63) is 84.2 Å². The largest absolute Gasteiger partial charge is 0.257 e. The van der Waals surface area contributed by atoms with E-state index in [4.69, 9.17) is 4.98 Å². The molecule has 0 bridgehead atoms. The fraction of sp³-hybridized carbons (Fsp3) is 0.292. The van der Waals surface area contributed by atoms with Crippen molar-refractivity contribution in [3.63, 3.8) is 0 Å². The molecule has 0 fully saturated rings. The van der Waals surface area contributed by atoms with Crippen LogP contribution in [-0.2, 0) is 0 Å². The number of rotatable bonds is 5. The lowest BCUT2D eigenvalue weighted by Crippen LogP contribution is -2.14. The van der Waals surface area contributed by atoms with Crippen LogP contribution >= 0.6 is 0 Å². The standard InChI is InChI=1S/C24H27N/c1-4-5-10-19(3)22-12-6-7-13-23(22)24-17-21(14-15-25-24)20-11-8-9-18(2)16-20/h5-11,13-17,19,22H,4,12H2,1-3H3. The third-order valence-corrected chi connectivity index (χ3v) is 4.92. The molecule has 0 saturated heterocycles. The maximum atomic E-state index is 4.70. The summed E-state index contributed by atoms with van der Waals surface area (Å²) in [6.45, 7) is 6.64. The van der Waals surface area contributed by atoms with Gasteiger partial charge in [-0.3, -0.25) is 4.98 Å². The normalized spacial score (nSPS) is 18.4. The van der Waals surface area contributed by atoms with E-state index in [2.05, 4.69) is 87.5 Å². The molecule has 0 saturated carbocycles. The number of hydrogen-bond donors (Lipinski definition) is 0. The van der Waals surface area contributed by atoms with Crippen LogP contribution in [0.3, 0.4) is 0 Å². The predicted molar refractivity (Wildman–Crippen MR) is 108 cm³/mol. The van der Waals surface area contributed by atoms with Crippen LogP contribution in [0.5, 0.6) is 0 Å². The highest BCUT2D eigenvalue weighted by Crippen LogP contribution is 2.36. The van der Waals surface area contributed by atoms with Crippen molar-refractivity contribution in [2.24, 2.45) is 11.8 Å². The van der Waals surface area contributed by atoms with E-state index in [1.165, 1.54) is 22.3 Å². The number of aromatic nitrogens is 1. The summed E-state index contributed by atoms with van der Waals surface area (Å²) < 4.78 is 0. The summed E-state index contributed by atoms with van der Waals surface area (Å²) in [6, 6.07) is 13.0. The van der Waals surface area contributed by atoms with E-state index in [0.717, 1.165) is 18.5 Å². The summed E-state index contributed by atoms with van der Waals surface area (Å²) in [5.41, 5.74) is 6.23. The maximum Gasteiger partial charge on any atom is 0.0670 e. The topological polar surface area (TPSA) is 12.9 Å². The molecule has 1 aliphatic rings. The zero-order chi connectivity index (χ0) is 17.6. The summed E-state index contributed by atoms with van der Waals surface area (Å²) in [5, 5.41) is 0. The Morgan fingerprint density at radius 1 is 1.20 bits per heavy atom. The van der Waals surface area contributed by atoms with Gasteiger partial charge in [0.05, 0.1) is 5.69 Å². The van der Waals surface area contributed by atoms with Crippen LogP contribution in [0.1, 0.15) is 37.9 Å². The first-order chi connectivity index (χ1) is 12.2. The average Bonchev–Trinajstić information content (AvgIpc) is 2.66. The van der Waals surface area contributed by atoms with Crippen molar-refractivity contribution >= 4 is 5.57 Å². The van der Waals surface area contributed by atoms with Crippen molar-refractivity contribution in [1.29, 1.82) is 0 Å². The molecular formula is C24H27N. The van der Waals surface area contributed by atoms with E-state index < -0.39 is 0 Å². The summed E-state index contributed by atoms with van der Waals surface area (Å²) in [6.07, 6.45) is 15.4. The molecule has 1 aromatic carbocycles. The van der Waals surface area contributed by atoms with E-state index in [9.17, 15) is 0 Å². The monoisotopic (exact) mass is 329 g/mol. The van der Waals surface area contributed by atoms with Gasteiger partial charge in [0.25, 0.3) is 0 Å². The van der Waals surface area contributed by atoms with Gasteiger partial charge in [-0.25, -0.2) is 0 Å². The van der Waals surface area contributed by atoms with Gasteiger partial charge in [-0.2, -0.15) is 0 Å². The van der Waals surface area contributed by atoms with Gasteiger partial charge < -0.3 is 0 Å². The summed E-state index contributed by atoms with van der Waals surface area (Å²) in [7, 11) is 0. The predicted octanol–water partition coefficient (Wildman–Crippen LogP) is 6.62. The zero-order valence-electron chi connectivity index (χ0n) is 15.4. The SMILES string of the molecule is CCC=CC(C)C1CC=CC=C1c1cc(-c2cccc(C)c2)ccn1. The minimum absolute atomic E-state index is 0.494. The Bertz CT molecular complexity index is 810. The molecule has 0 radical (unpaired) electrons. The van der Waals surface area contributed by atoms with Crippen LogP contribution in [0.4, 0.5) is 0 Å². The van der Waals surface area contributed by atoms with E-state index in [1.807, 2.05) is 6.20 Å². The Morgan fingerprint density at radius 2 is 2.04 bits per heavy atom. The van der Waals surface area contributed by atoms with Crippen molar-refractivity contribution < 1.29 is 0 Å². The third kappa shape index (κ3) is 4.17. The highest BCUT2D eigenvalue weighted by atomic mass is 14.7. The molecular weight excluding hydrogens is 302 g/mol. The van der Waals surface area contributed by atoms with Crippen LogP contribution in [0.15, 0.2) is 73.0 Å². The first kappa shape index (κ1) is 17.4. The number of allylic oxidation sites excluding steroid dienone is 6. The first-order valence-corrected chi connectivity index (χ1v) is 9.26. The van der Waals surface area contributed by atoms with Gasteiger partial charge in [0.2, 0.25) is 0 Å². The molecule has 1 heteroatoms. The molecule has 0 amide bonds. The molecule has 0 N–H and O–H groups in total. The highest BCUT2D eigenvalue weighted by molar-refractivity contribution is 5.73. The number of nitrogens with zero attached hydrogens (tertiary/aromatic N) is 1. The van der Waals surface area contributed by atoms with Gasteiger partial charge >= 0.3 is 0 Å². The third-order valence-electron chi connectivity index (χ3n) is 4.92.